The molecule has 0 radical (unpaired) electrons. The molecule has 1 saturated heterocycles. The third-order valence-corrected chi connectivity index (χ3v) is 8.86. The molecule has 0 spiro atoms. The summed E-state index contributed by atoms with van der Waals surface area (Å²) in [6.45, 7) is -2.45. The Hall–Kier alpha value is -4.16. The highest BCUT2D eigenvalue weighted by Crippen LogP contribution is 2.38. The molecule has 48 heavy (non-hydrogen) atoms. The molecule has 1 saturated carbocycles. The first-order valence-electron chi connectivity index (χ1n) is 15.5. The number of hydrogen-bond acceptors (Lipinski definition) is 7. The largest absolute Gasteiger partial charge is 0.619 e. The van der Waals surface area contributed by atoms with Gasteiger partial charge in [0.1, 0.15) is 22.2 Å². The average molecular weight is 707 g/mol. The summed E-state index contributed by atoms with van der Waals surface area (Å²) in [6, 6.07) is 10.1. The van der Waals surface area contributed by atoms with Gasteiger partial charge in [-0.05, 0) is 67.0 Å². The molecule has 1 aliphatic carbocycles. The van der Waals surface area contributed by atoms with E-state index < -0.39 is 24.7 Å². The summed E-state index contributed by atoms with van der Waals surface area (Å²) < 4.78 is 43.4. The molecular weight excluding hydrogens is 671 g/mol. The van der Waals surface area contributed by atoms with Gasteiger partial charge in [-0.3, -0.25) is 9.59 Å². The number of likely N-dealkylation sites (tertiary alicyclic amines) is 1. The van der Waals surface area contributed by atoms with E-state index in [0.717, 1.165) is 25.2 Å². The van der Waals surface area contributed by atoms with Crippen LogP contribution in [0.4, 0.5) is 8.78 Å². The monoisotopic (exact) mass is 705 g/mol. The molecule has 2 atom stereocenters. The Labute approximate surface area is 286 Å². The minimum Gasteiger partial charge on any atom is -0.619 e. The number of halogens is 4. The van der Waals surface area contributed by atoms with Crippen molar-refractivity contribution in [1.82, 2.24) is 9.80 Å². The maximum absolute atomic E-state index is 13.8. The molecule has 2 aliphatic rings. The number of nitrogens with zero attached hydrogens (tertiary/aromatic N) is 3. The van der Waals surface area contributed by atoms with Gasteiger partial charge in [0, 0.05) is 38.2 Å². The number of pyridine rings is 1. The molecule has 2 aromatic carbocycles. The van der Waals surface area contributed by atoms with E-state index in [-0.39, 0.29) is 46.2 Å². The number of alkyl halides is 2. The molecule has 3 aromatic rings. The number of carbonyl (C=O) groups excluding carboxylic acids is 3. The highest BCUT2D eigenvalue weighted by molar-refractivity contribution is 6.35. The van der Waals surface area contributed by atoms with Crippen LogP contribution in [0.1, 0.15) is 58.8 Å². The van der Waals surface area contributed by atoms with Crippen molar-refractivity contribution in [3.05, 3.63) is 92.4 Å². The zero-order valence-corrected chi connectivity index (χ0v) is 27.9. The van der Waals surface area contributed by atoms with E-state index in [1.807, 2.05) is 0 Å². The molecule has 2 amide bonds. The van der Waals surface area contributed by atoms with E-state index in [1.54, 1.807) is 38.4 Å². The van der Waals surface area contributed by atoms with Crippen molar-refractivity contribution >= 4 is 41.0 Å². The lowest BCUT2D eigenvalue weighted by molar-refractivity contribution is -0.605. The van der Waals surface area contributed by atoms with Gasteiger partial charge in [0.05, 0.1) is 13.0 Å². The highest BCUT2D eigenvalue weighted by Gasteiger charge is 2.37. The zero-order valence-electron chi connectivity index (χ0n) is 26.4. The molecule has 256 valence electrons. The standard InChI is InChI=1S/C34H35Cl2F2N3O7/c1-39(2)32(43)23-6-3-5-21(13-23)14-31(42)41-12-4-7-27(41)33(44)47-29(16-24-25(35)17-40(45)18-26(24)36)22-10-11-28(48-34(37)38)30(15-22)46-19-20-8-9-20/h3,5-6,10-11,13,15,17-18,20,27,29,34H,4,7-9,12,14,16,19H2,1-2H3/t27-,29-/m0/s1. The summed E-state index contributed by atoms with van der Waals surface area (Å²) in [5, 5.41) is 12.0. The van der Waals surface area contributed by atoms with Crippen LogP contribution in [0.15, 0.2) is 54.9 Å². The molecule has 0 unspecified atom stereocenters. The number of ether oxygens (including phenoxy) is 3. The van der Waals surface area contributed by atoms with Gasteiger partial charge in [-0.15, -0.1) is 0 Å². The molecule has 0 bridgehead atoms. The van der Waals surface area contributed by atoms with Crippen LogP contribution in [0.5, 0.6) is 11.5 Å². The molecule has 1 aliphatic heterocycles. The van der Waals surface area contributed by atoms with Crippen molar-refractivity contribution in [2.24, 2.45) is 5.92 Å². The van der Waals surface area contributed by atoms with Gasteiger partial charge in [-0.25, -0.2) is 4.79 Å². The quantitative estimate of drug-likeness (QED) is 0.126. The second kappa shape index (κ2) is 15.4. The lowest BCUT2D eigenvalue weighted by atomic mass is 10.0. The van der Waals surface area contributed by atoms with Crippen molar-refractivity contribution in [3.8, 4) is 11.5 Å². The van der Waals surface area contributed by atoms with Gasteiger partial charge in [0.2, 0.25) is 5.91 Å². The third-order valence-electron chi connectivity index (χ3n) is 8.21. The predicted octanol–water partition coefficient (Wildman–Crippen LogP) is 5.78. The zero-order chi connectivity index (χ0) is 34.5. The van der Waals surface area contributed by atoms with Gasteiger partial charge in [-0.1, -0.05) is 41.4 Å². The smallest absolute Gasteiger partial charge is 0.387 e. The number of aromatic nitrogens is 1. The first-order chi connectivity index (χ1) is 22.9. The Morgan fingerprint density at radius 2 is 1.77 bits per heavy atom. The number of hydrogen-bond donors (Lipinski definition) is 0. The van der Waals surface area contributed by atoms with Crippen LogP contribution in [-0.4, -0.2) is 67.5 Å². The first-order valence-corrected chi connectivity index (χ1v) is 16.2. The van der Waals surface area contributed by atoms with Gasteiger partial charge in [-0.2, -0.15) is 13.5 Å². The van der Waals surface area contributed by atoms with E-state index in [0.29, 0.717) is 58.9 Å². The van der Waals surface area contributed by atoms with Gasteiger partial charge in [0.25, 0.3) is 5.91 Å². The van der Waals surface area contributed by atoms with Crippen LogP contribution in [0.25, 0.3) is 0 Å². The topological polar surface area (TPSA) is 112 Å². The normalized spacial score (nSPS) is 16.5. The second-order valence-electron chi connectivity index (χ2n) is 12.1. The molecule has 2 heterocycles. The SMILES string of the molecule is CN(C)C(=O)c1cccc(CC(=O)N2CCC[C@H]2C(=O)O[C@@H](Cc2c(Cl)c[n+]([O-])cc2Cl)c2ccc(OC(F)F)c(OCC3CC3)c2)c1. The Morgan fingerprint density at radius 1 is 1.04 bits per heavy atom. The summed E-state index contributed by atoms with van der Waals surface area (Å²) >= 11 is 12.7. The summed E-state index contributed by atoms with van der Waals surface area (Å²) in [5.74, 6) is -1.000. The van der Waals surface area contributed by atoms with Crippen molar-refractivity contribution in [2.45, 2.75) is 57.3 Å². The number of rotatable bonds is 13. The molecule has 10 nitrogen and oxygen atoms in total. The van der Waals surface area contributed by atoms with Crippen molar-refractivity contribution in [2.75, 3.05) is 27.2 Å². The molecule has 1 aromatic heterocycles. The Morgan fingerprint density at radius 3 is 2.44 bits per heavy atom. The first kappa shape index (κ1) is 35.2. The highest BCUT2D eigenvalue weighted by atomic mass is 35.5. The van der Waals surface area contributed by atoms with Crippen LogP contribution in [-0.2, 0) is 27.2 Å². The summed E-state index contributed by atoms with van der Waals surface area (Å²) in [6.07, 6.45) is 3.91. The van der Waals surface area contributed by atoms with Gasteiger partial charge < -0.3 is 29.2 Å². The van der Waals surface area contributed by atoms with Gasteiger partial charge in [0.15, 0.2) is 23.9 Å². The Balaban J connectivity index is 1.40. The van der Waals surface area contributed by atoms with Crippen LogP contribution in [0, 0.1) is 11.1 Å². The fourth-order valence-electron chi connectivity index (χ4n) is 5.54. The van der Waals surface area contributed by atoms with Crippen molar-refractivity contribution in [3.63, 3.8) is 0 Å². The van der Waals surface area contributed by atoms with E-state index in [4.69, 9.17) is 32.7 Å². The summed E-state index contributed by atoms with van der Waals surface area (Å²) in [4.78, 5) is 42.6. The number of esters is 1. The Kier molecular flexibility index (Phi) is 11.3. The van der Waals surface area contributed by atoms with Crippen LogP contribution < -0.4 is 14.2 Å². The third kappa shape index (κ3) is 8.84. The van der Waals surface area contributed by atoms with Crippen molar-refractivity contribution in [1.29, 1.82) is 0 Å². The predicted molar refractivity (Wildman–Crippen MR) is 172 cm³/mol. The molecule has 14 heteroatoms. The maximum atomic E-state index is 13.8. The van der Waals surface area contributed by atoms with E-state index >= 15 is 0 Å². The lowest BCUT2D eigenvalue weighted by Gasteiger charge is -2.27. The maximum Gasteiger partial charge on any atom is 0.387 e. The Bertz CT molecular complexity index is 1650. The van der Waals surface area contributed by atoms with Crippen LogP contribution in [0.3, 0.4) is 0 Å². The van der Waals surface area contributed by atoms with E-state index in [9.17, 15) is 28.4 Å². The summed E-state index contributed by atoms with van der Waals surface area (Å²) in [5.41, 5.74) is 1.76. The number of amides is 2. The minimum absolute atomic E-state index is 0.0283. The molecular formula is C34H35Cl2F2N3O7. The van der Waals surface area contributed by atoms with Gasteiger partial charge >= 0.3 is 12.6 Å². The van der Waals surface area contributed by atoms with Crippen LogP contribution in [0.2, 0.25) is 10.0 Å². The van der Waals surface area contributed by atoms with Crippen LogP contribution >= 0.6 is 23.2 Å². The minimum atomic E-state index is -3.09. The molecule has 5 rings (SSSR count). The van der Waals surface area contributed by atoms with E-state index in [2.05, 4.69) is 4.74 Å². The fraction of sp³-hybridized carbons (Fsp3) is 0.412. The van der Waals surface area contributed by atoms with E-state index in [1.165, 1.54) is 28.0 Å². The fourth-order valence-corrected chi connectivity index (χ4v) is 6.14. The second-order valence-corrected chi connectivity index (χ2v) is 12.9. The average Bonchev–Trinajstić information content (AvgIpc) is 3.73. The molecule has 2 fully saturated rings. The number of benzene rings is 2. The molecule has 0 N–H and O–H groups in total. The number of carbonyl (C=O) groups is 3. The van der Waals surface area contributed by atoms with Crippen molar-refractivity contribution < 1.29 is 42.1 Å². The summed E-state index contributed by atoms with van der Waals surface area (Å²) in [7, 11) is 3.28. The lowest BCUT2D eigenvalue weighted by Crippen LogP contribution is -2.42.